The predicted octanol–water partition coefficient (Wildman–Crippen LogP) is 1.96. The number of halogens is 2. The van der Waals surface area contributed by atoms with Gasteiger partial charge in [-0.1, -0.05) is 34.4 Å². The molecular formula is C11H11Cl2N3O2. The SMILES string of the molecule is NCC(O)c1nc(Cc2ccc(Cl)c(Cl)c2)no1. The molecule has 1 aromatic heterocycles. The quantitative estimate of drug-likeness (QED) is 0.898. The average Bonchev–Trinajstić information content (AvgIpc) is 2.81. The molecule has 18 heavy (non-hydrogen) atoms. The molecule has 2 rings (SSSR count). The maximum Gasteiger partial charge on any atom is 0.256 e. The van der Waals surface area contributed by atoms with Gasteiger partial charge in [-0.2, -0.15) is 4.98 Å². The first-order chi connectivity index (χ1) is 8.60. The van der Waals surface area contributed by atoms with E-state index >= 15 is 0 Å². The summed E-state index contributed by atoms with van der Waals surface area (Å²) in [6.07, 6.45) is -0.488. The molecule has 3 N–H and O–H groups in total. The molecular weight excluding hydrogens is 277 g/mol. The largest absolute Gasteiger partial charge is 0.382 e. The molecule has 96 valence electrons. The highest BCUT2D eigenvalue weighted by Crippen LogP contribution is 2.23. The maximum absolute atomic E-state index is 9.43. The Balaban J connectivity index is 2.13. The maximum atomic E-state index is 9.43. The Morgan fingerprint density at radius 1 is 1.33 bits per heavy atom. The first-order valence-corrected chi connectivity index (χ1v) is 6.00. The van der Waals surface area contributed by atoms with Crippen molar-refractivity contribution in [3.05, 3.63) is 45.5 Å². The molecule has 5 nitrogen and oxygen atoms in total. The zero-order valence-corrected chi connectivity index (χ0v) is 10.8. The number of hydrogen-bond donors (Lipinski definition) is 2. The van der Waals surface area contributed by atoms with Crippen molar-refractivity contribution in [2.24, 2.45) is 5.73 Å². The van der Waals surface area contributed by atoms with Gasteiger partial charge in [-0.3, -0.25) is 0 Å². The Labute approximate surface area is 114 Å². The molecule has 2 aromatic rings. The topological polar surface area (TPSA) is 85.2 Å². The molecule has 0 aliphatic rings. The van der Waals surface area contributed by atoms with Gasteiger partial charge in [0.2, 0.25) is 0 Å². The number of aliphatic hydroxyl groups is 1. The average molecular weight is 288 g/mol. The fourth-order valence-electron chi connectivity index (χ4n) is 1.41. The van der Waals surface area contributed by atoms with Crippen molar-refractivity contribution in [3.63, 3.8) is 0 Å². The van der Waals surface area contributed by atoms with Crippen LogP contribution in [0.5, 0.6) is 0 Å². The van der Waals surface area contributed by atoms with E-state index in [2.05, 4.69) is 10.1 Å². The molecule has 0 fully saturated rings. The molecule has 0 saturated carbocycles. The fraction of sp³-hybridized carbons (Fsp3) is 0.273. The standard InChI is InChI=1S/C11H11Cl2N3O2/c12-7-2-1-6(3-8(7)13)4-10-15-11(18-16-10)9(17)5-14/h1-3,9,17H,4-5,14H2. The van der Waals surface area contributed by atoms with Gasteiger partial charge < -0.3 is 15.4 Å². The Hall–Kier alpha value is -1.14. The van der Waals surface area contributed by atoms with Crippen LogP contribution in [0.1, 0.15) is 23.4 Å². The highest BCUT2D eigenvalue weighted by atomic mass is 35.5. The second-order valence-electron chi connectivity index (χ2n) is 3.73. The number of aromatic nitrogens is 2. The van der Waals surface area contributed by atoms with E-state index in [1.165, 1.54) is 0 Å². The molecule has 0 aliphatic carbocycles. The van der Waals surface area contributed by atoms with Crippen LogP contribution in [-0.4, -0.2) is 21.8 Å². The van der Waals surface area contributed by atoms with Crippen molar-refractivity contribution in [1.82, 2.24) is 10.1 Å². The number of hydrogen-bond acceptors (Lipinski definition) is 5. The van der Waals surface area contributed by atoms with Gasteiger partial charge in [0.1, 0.15) is 6.10 Å². The monoisotopic (exact) mass is 287 g/mol. The molecule has 1 heterocycles. The third-order valence-corrected chi connectivity index (χ3v) is 3.08. The van der Waals surface area contributed by atoms with Gasteiger partial charge in [-0.25, -0.2) is 0 Å². The van der Waals surface area contributed by atoms with Crippen molar-refractivity contribution in [1.29, 1.82) is 0 Å². The molecule has 7 heteroatoms. The summed E-state index contributed by atoms with van der Waals surface area (Å²) in [5.74, 6) is 0.573. The summed E-state index contributed by atoms with van der Waals surface area (Å²) < 4.78 is 4.89. The van der Waals surface area contributed by atoms with E-state index in [0.717, 1.165) is 5.56 Å². The molecule has 0 aliphatic heterocycles. The molecule has 0 amide bonds. The lowest BCUT2D eigenvalue weighted by molar-refractivity contribution is 0.141. The van der Waals surface area contributed by atoms with Gasteiger partial charge in [0, 0.05) is 13.0 Å². The van der Waals surface area contributed by atoms with Crippen LogP contribution in [0.15, 0.2) is 22.7 Å². The third kappa shape index (κ3) is 3.00. The van der Waals surface area contributed by atoms with E-state index in [1.54, 1.807) is 12.1 Å². The lowest BCUT2D eigenvalue weighted by Gasteiger charge is -2.00. The summed E-state index contributed by atoms with van der Waals surface area (Å²) in [4.78, 5) is 4.04. The molecule has 1 atom stereocenters. The minimum absolute atomic E-state index is 0.0361. The number of nitrogens with two attached hydrogens (primary N) is 1. The first kappa shape index (κ1) is 13.3. The number of benzene rings is 1. The van der Waals surface area contributed by atoms with Crippen LogP contribution in [0.3, 0.4) is 0 Å². The minimum Gasteiger partial charge on any atom is -0.382 e. The van der Waals surface area contributed by atoms with Crippen molar-refractivity contribution in [3.8, 4) is 0 Å². The van der Waals surface area contributed by atoms with Gasteiger partial charge in [0.05, 0.1) is 10.0 Å². The summed E-state index contributed by atoms with van der Waals surface area (Å²) in [6, 6.07) is 5.26. The van der Waals surface area contributed by atoms with Crippen LogP contribution < -0.4 is 5.73 Å². The third-order valence-electron chi connectivity index (χ3n) is 2.34. The van der Waals surface area contributed by atoms with Gasteiger partial charge >= 0.3 is 0 Å². The van der Waals surface area contributed by atoms with Gasteiger partial charge in [-0.05, 0) is 17.7 Å². The van der Waals surface area contributed by atoms with Gasteiger partial charge in [0.15, 0.2) is 5.82 Å². The minimum atomic E-state index is -0.931. The molecule has 0 spiro atoms. The highest BCUT2D eigenvalue weighted by Gasteiger charge is 2.14. The number of nitrogens with zero attached hydrogens (tertiary/aromatic N) is 2. The number of rotatable bonds is 4. The van der Waals surface area contributed by atoms with Crippen LogP contribution in [0.4, 0.5) is 0 Å². The molecule has 0 saturated heterocycles. The second-order valence-corrected chi connectivity index (χ2v) is 4.54. The molecule has 0 radical (unpaired) electrons. The fourth-order valence-corrected chi connectivity index (χ4v) is 1.73. The van der Waals surface area contributed by atoms with Crippen molar-refractivity contribution in [2.45, 2.75) is 12.5 Å². The van der Waals surface area contributed by atoms with Crippen molar-refractivity contribution < 1.29 is 9.63 Å². The molecule has 1 unspecified atom stereocenters. The van der Waals surface area contributed by atoms with Crippen LogP contribution in [0.25, 0.3) is 0 Å². The Bertz CT molecular complexity index is 545. The smallest absolute Gasteiger partial charge is 0.256 e. The van der Waals surface area contributed by atoms with E-state index in [0.29, 0.717) is 22.3 Å². The van der Waals surface area contributed by atoms with Gasteiger partial charge in [-0.15, -0.1) is 0 Å². The van der Waals surface area contributed by atoms with Gasteiger partial charge in [0.25, 0.3) is 5.89 Å². The second kappa shape index (κ2) is 5.67. The Kier molecular flexibility index (Phi) is 4.19. The zero-order valence-electron chi connectivity index (χ0n) is 9.31. The number of aliphatic hydroxyl groups excluding tert-OH is 1. The van der Waals surface area contributed by atoms with Crippen LogP contribution >= 0.6 is 23.2 Å². The zero-order chi connectivity index (χ0) is 13.1. The lowest BCUT2D eigenvalue weighted by atomic mass is 10.1. The van der Waals surface area contributed by atoms with E-state index < -0.39 is 6.10 Å². The van der Waals surface area contributed by atoms with E-state index in [-0.39, 0.29) is 12.4 Å². The lowest BCUT2D eigenvalue weighted by Crippen LogP contribution is -2.11. The summed E-state index contributed by atoms with van der Waals surface area (Å²) in [5.41, 5.74) is 6.19. The van der Waals surface area contributed by atoms with Crippen LogP contribution in [0.2, 0.25) is 10.0 Å². The molecule has 1 aromatic carbocycles. The Morgan fingerprint density at radius 3 is 2.78 bits per heavy atom. The van der Waals surface area contributed by atoms with E-state index in [1.807, 2.05) is 6.07 Å². The summed E-state index contributed by atoms with van der Waals surface area (Å²) in [5, 5.41) is 14.1. The highest BCUT2D eigenvalue weighted by molar-refractivity contribution is 6.42. The van der Waals surface area contributed by atoms with Crippen molar-refractivity contribution >= 4 is 23.2 Å². The van der Waals surface area contributed by atoms with Crippen LogP contribution in [0, 0.1) is 0 Å². The van der Waals surface area contributed by atoms with E-state index in [9.17, 15) is 5.11 Å². The van der Waals surface area contributed by atoms with Crippen LogP contribution in [-0.2, 0) is 6.42 Å². The molecule has 0 bridgehead atoms. The summed E-state index contributed by atoms with van der Waals surface area (Å²) in [6.45, 7) is 0.0361. The predicted molar refractivity (Wildman–Crippen MR) is 67.6 cm³/mol. The normalized spacial score (nSPS) is 12.7. The Morgan fingerprint density at radius 2 is 2.11 bits per heavy atom. The first-order valence-electron chi connectivity index (χ1n) is 5.24. The van der Waals surface area contributed by atoms with E-state index in [4.69, 9.17) is 33.5 Å². The van der Waals surface area contributed by atoms with Crippen molar-refractivity contribution in [2.75, 3.05) is 6.54 Å². The summed E-state index contributed by atoms with van der Waals surface area (Å²) in [7, 11) is 0. The summed E-state index contributed by atoms with van der Waals surface area (Å²) >= 11 is 11.7.